The van der Waals surface area contributed by atoms with E-state index in [2.05, 4.69) is 20.9 Å². The number of nitrogen functional groups attached to an aromatic ring is 1. The van der Waals surface area contributed by atoms with Gasteiger partial charge in [0.25, 0.3) is 0 Å². The van der Waals surface area contributed by atoms with Crippen LogP contribution in [0.4, 0.5) is 10.6 Å². The molecule has 3 aliphatic rings. The highest BCUT2D eigenvalue weighted by Crippen LogP contribution is 2.51. The number of hydrogen-bond donors (Lipinski definition) is 4. The van der Waals surface area contributed by atoms with E-state index in [1.54, 1.807) is 0 Å². The van der Waals surface area contributed by atoms with Gasteiger partial charge >= 0.3 is 19.3 Å². The molecule has 5 atom stereocenters. The summed E-state index contributed by atoms with van der Waals surface area (Å²) in [6.07, 6.45) is 7.73. The van der Waals surface area contributed by atoms with Gasteiger partial charge < -0.3 is 35.5 Å². The first-order valence-electron chi connectivity index (χ1n) is 13.6. The van der Waals surface area contributed by atoms with E-state index in [0.29, 0.717) is 24.8 Å². The lowest BCUT2D eigenvalue weighted by Gasteiger charge is -2.29. The number of anilines is 1. The van der Waals surface area contributed by atoms with Crippen molar-refractivity contribution in [3.05, 3.63) is 22.7 Å². The number of amides is 3. The normalized spacial score (nSPS) is 28.1. The Morgan fingerprint density at radius 2 is 2.08 bits per heavy atom. The van der Waals surface area contributed by atoms with Crippen LogP contribution in [-0.2, 0) is 29.7 Å². The van der Waals surface area contributed by atoms with Crippen LogP contribution < -0.4 is 27.4 Å². The van der Waals surface area contributed by atoms with Crippen LogP contribution in [0, 0.1) is 0 Å². The summed E-state index contributed by atoms with van der Waals surface area (Å²) < 4.78 is 30.6. The number of carbonyl (C=O) groups is 2. The number of unbranched alkanes of at least 4 members (excludes halogenated alkanes) is 4. The van der Waals surface area contributed by atoms with Crippen LogP contribution in [0.15, 0.2) is 17.1 Å². The van der Waals surface area contributed by atoms with Crippen LogP contribution in [0.25, 0.3) is 0 Å². The highest BCUT2D eigenvalue weighted by Gasteiger charge is 2.42. The largest absolute Gasteiger partial charge is 0.383 e. The molecule has 0 radical (unpaired) electrons. The SMILES string of the molecule is Nc1ccn(C[C@H]2COP(=O)(OCCCCCCNC(=O)CCCC[C@@H]3SC[C@@H]4NC(=O)N[C@@H]43)CO2)c(=O)n1. The van der Waals surface area contributed by atoms with Crippen LogP contribution in [-0.4, -0.2) is 76.8 Å². The number of urea groups is 1. The van der Waals surface area contributed by atoms with Gasteiger partial charge in [0.1, 0.15) is 18.3 Å². The Hall–Kier alpha value is -2.12. The molecular weight excluding hydrogens is 547 g/mol. The van der Waals surface area contributed by atoms with Crippen LogP contribution in [0.5, 0.6) is 0 Å². The average molecular weight is 587 g/mol. The van der Waals surface area contributed by atoms with Gasteiger partial charge in [0.05, 0.1) is 31.8 Å². The van der Waals surface area contributed by atoms with Gasteiger partial charge in [0, 0.05) is 30.2 Å². The molecule has 0 aromatic carbocycles. The van der Waals surface area contributed by atoms with Crippen molar-refractivity contribution in [3.63, 3.8) is 0 Å². The number of nitrogens with one attached hydrogen (secondary N) is 3. The first kappa shape index (κ1) is 29.9. The summed E-state index contributed by atoms with van der Waals surface area (Å²) in [6.45, 7) is 1.23. The standard InChI is InChI=1S/C24H39N6O7PS/c25-20-9-11-30(24(33)28-20)13-17-14-37-38(34,16-35-17)36-12-6-2-1-5-10-26-21(31)8-4-3-7-19-22-18(15-39-19)27-23(32)29-22/h9,11,17-19,22H,1-8,10,12-16H2,(H,26,31)(H2,25,28,33)(H2,27,29,32)/t17-,18-,19-,22-,38?/m0/s1. The second-order valence-electron chi connectivity index (χ2n) is 10.1. The lowest BCUT2D eigenvalue weighted by atomic mass is 10.0. The van der Waals surface area contributed by atoms with E-state index in [1.807, 2.05) is 11.8 Å². The summed E-state index contributed by atoms with van der Waals surface area (Å²) in [7, 11) is -3.30. The summed E-state index contributed by atoms with van der Waals surface area (Å²) in [6, 6.07) is 1.92. The molecule has 0 saturated carbocycles. The number of aromatic nitrogens is 2. The number of carbonyl (C=O) groups excluding carboxylic acids is 2. The fourth-order valence-corrected chi connectivity index (χ4v) is 7.79. The fourth-order valence-electron chi connectivity index (χ4n) is 4.83. The first-order chi connectivity index (χ1) is 18.8. The predicted molar refractivity (Wildman–Crippen MR) is 148 cm³/mol. The van der Waals surface area contributed by atoms with Crippen molar-refractivity contribution in [1.29, 1.82) is 0 Å². The van der Waals surface area contributed by atoms with E-state index in [9.17, 15) is 18.9 Å². The minimum absolute atomic E-state index is 0.0595. The Kier molecular flexibility index (Phi) is 11.1. The van der Waals surface area contributed by atoms with Crippen LogP contribution in [0.3, 0.4) is 0 Å². The molecule has 1 unspecified atom stereocenters. The van der Waals surface area contributed by atoms with E-state index in [-0.39, 0.29) is 49.3 Å². The number of thioether (sulfide) groups is 1. The Balaban J connectivity index is 0.962. The first-order valence-corrected chi connectivity index (χ1v) is 16.4. The average Bonchev–Trinajstić information content (AvgIpc) is 3.45. The van der Waals surface area contributed by atoms with Gasteiger partial charge in [-0.2, -0.15) is 16.7 Å². The Labute approximate surface area is 232 Å². The van der Waals surface area contributed by atoms with Crippen molar-refractivity contribution in [2.75, 3.05) is 37.6 Å². The molecule has 3 fully saturated rings. The molecule has 13 nitrogen and oxygen atoms in total. The molecule has 218 valence electrons. The highest BCUT2D eigenvalue weighted by atomic mass is 32.2. The smallest absolute Gasteiger partial charge is 0.356 e. The van der Waals surface area contributed by atoms with E-state index in [4.69, 9.17) is 19.5 Å². The van der Waals surface area contributed by atoms with E-state index < -0.39 is 19.4 Å². The predicted octanol–water partition coefficient (Wildman–Crippen LogP) is 1.81. The zero-order valence-electron chi connectivity index (χ0n) is 22.0. The highest BCUT2D eigenvalue weighted by molar-refractivity contribution is 8.00. The molecule has 1 aromatic rings. The maximum atomic E-state index is 12.7. The van der Waals surface area contributed by atoms with E-state index in [0.717, 1.165) is 50.7 Å². The zero-order chi connectivity index (χ0) is 27.7. The molecule has 4 rings (SSSR count). The second-order valence-corrected chi connectivity index (χ2v) is 13.3. The van der Waals surface area contributed by atoms with Gasteiger partial charge in [-0.1, -0.05) is 19.3 Å². The van der Waals surface area contributed by atoms with Crippen molar-refractivity contribution in [2.24, 2.45) is 0 Å². The number of rotatable bonds is 15. The van der Waals surface area contributed by atoms with Crippen LogP contribution in [0.2, 0.25) is 0 Å². The molecular formula is C24H39N6O7PS. The fraction of sp³-hybridized carbons (Fsp3) is 0.750. The minimum atomic E-state index is -3.30. The van der Waals surface area contributed by atoms with Gasteiger partial charge in [0.2, 0.25) is 5.91 Å². The van der Waals surface area contributed by atoms with Crippen molar-refractivity contribution in [2.45, 2.75) is 81.3 Å². The topological polar surface area (TPSA) is 176 Å². The molecule has 3 saturated heterocycles. The van der Waals surface area contributed by atoms with Gasteiger partial charge in [0.15, 0.2) is 0 Å². The van der Waals surface area contributed by atoms with Crippen molar-refractivity contribution in [1.82, 2.24) is 25.5 Å². The van der Waals surface area contributed by atoms with Crippen molar-refractivity contribution < 1.29 is 27.9 Å². The third kappa shape index (κ3) is 9.21. The quantitative estimate of drug-likeness (QED) is 0.135. The zero-order valence-corrected chi connectivity index (χ0v) is 23.8. The second kappa shape index (κ2) is 14.5. The summed E-state index contributed by atoms with van der Waals surface area (Å²) in [5.41, 5.74) is 5.01. The minimum Gasteiger partial charge on any atom is -0.383 e. The maximum absolute atomic E-state index is 12.7. The molecule has 3 amide bonds. The third-order valence-electron chi connectivity index (χ3n) is 6.98. The summed E-state index contributed by atoms with van der Waals surface area (Å²) in [5.74, 6) is 1.19. The summed E-state index contributed by atoms with van der Waals surface area (Å²) in [5, 5.41) is 9.35. The van der Waals surface area contributed by atoms with E-state index in [1.165, 1.54) is 16.8 Å². The molecule has 3 aliphatic heterocycles. The number of ether oxygens (including phenoxy) is 1. The van der Waals surface area contributed by atoms with Crippen molar-refractivity contribution in [3.8, 4) is 0 Å². The third-order valence-corrected chi connectivity index (χ3v) is 10.1. The Bertz CT molecular complexity index is 1080. The molecule has 5 N–H and O–H groups in total. The molecule has 39 heavy (non-hydrogen) atoms. The molecule has 15 heteroatoms. The van der Waals surface area contributed by atoms with E-state index >= 15 is 0 Å². The molecule has 1 aromatic heterocycles. The van der Waals surface area contributed by atoms with Gasteiger partial charge in [-0.05, 0) is 31.7 Å². The molecule has 4 heterocycles. The molecule has 0 bridgehead atoms. The lowest BCUT2D eigenvalue weighted by molar-refractivity contribution is -0.121. The number of nitrogens with two attached hydrogens (primary N) is 1. The molecule has 0 aliphatic carbocycles. The number of hydrogen-bond acceptors (Lipinski definition) is 10. The Morgan fingerprint density at radius 1 is 1.23 bits per heavy atom. The van der Waals surface area contributed by atoms with Crippen LogP contribution >= 0.6 is 19.4 Å². The number of nitrogens with zero attached hydrogens (tertiary/aromatic N) is 2. The summed E-state index contributed by atoms with van der Waals surface area (Å²) >= 11 is 1.90. The van der Waals surface area contributed by atoms with Gasteiger partial charge in [-0.3, -0.25) is 13.9 Å². The molecule has 0 spiro atoms. The monoisotopic (exact) mass is 586 g/mol. The lowest BCUT2D eigenvalue weighted by Crippen LogP contribution is -2.36. The summed E-state index contributed by atoms with van der Waals surface area (Å²) in [4.78, 5) is 39.0. The van der Waals surface area contributed by atoms with Gasteiger partial charge in [-0.15, -0.1) is 0 Å². The van der Waals surface area contributed by atoms with Crippen LogP contribution in [0.1, 0.15) is 51.4 Å². The Morgan fingerprint density at radius 3 is 2.87 bits per heavy atom. The number of fused-ring (bicyclic) bond motifs is 1. The maximum Gasteiger partial charge on any atom is 0.356 e. The van der Waals surface area contributed by atoms with Crippen molar-refractivity contribution >= 4 is 37.1 Å². The van der Waals surface area contributed by atoms with Gasteiger partial charge in [-0.25, -0.2) is 9.59 Å².